The highest BCUT2D eigenvalue weighted by atomic mass is 32.2. The lowest BCUT2D eigenvalue weighted by atomic mass is 9.91. The van der Waals surface area contributed by atoms with Gasteiger partial charge in [0.2, 0.25) is 0 Å². The van der Waals surface area contributed by atoms with Crippen molar-refractivity contribution in [2.24, 2.45) is 11.7 Å². The van der Waals surface area contributed by atoms with E-state index >= 15 is 0 Å². The molecule has 1 aliphatic heterocycles. The Labute approximate surface area is 115 Å². The summed E-state index contributed by atoms with van der Waals surface area (Å²) < 4.78 is 37.9. The maximum absolute atomic E-state index is 12.6. The van der Waals surface area contributed by atoms with Crippen LogP contribution in [-0.2, 0) is 6.18 Å². The zero-order valence-electron chi connectivity index (χ0n) is 10.6. The molecule has 1 atom stereocenters. The number of rotatable bonds is 3. The van der Waals surface area contributed by atoms with E-state index in [2.05, 4.69) is 0 Å². The average molecular weight is 289 g/mol. The van der Waals surface area contributed by atoms with Gasteiger partial charge in [-0.1, -0.05) is 12.1 Å². The fourth-order valence-electron chi connectivity index (χ4n) is 2.42. The normalized spacial score (nSPS) is 19.4. The van der Waals surface area contributed by atoms with Gasteiger partial charge in [-0.2, -0.15) is 24.9 Å². The highest BCUT2D eigenvalue weighted by Crippen LogP contribution is 2.33. The minimum absolute atomic E-state index is 0.296. The molecule has 0 radical (unpaired) electrons. The molecule has 0 saturated carbocycles. The third-order valence-corrected chi connectivity index (χ3v) is 4.62. The molecule has 1 unspecified atom stereocenters. The Morgan fingerprint density at radius 3 is 2.58 bits per heavy atom. The fraction of sp³-hybridized carbons (Fsp3) is 0.571. The van der Waals surface area contributed by atoms with E-state index in [0.717, 1.165) is 36.8 Å². The minimum atomic E-state index is -4.29. The molecule has 0 aromatic heterocycles. The van der Waals surface area contributed by atoms with Gasteiger partial charge in [-0.05, 0) is 54.4 Å². The zero-order valence-corrected chi connectivity index (χ0v) is 11.4. The lowest BCUT2D eigenvalue weighted by molar-refractivity contribution is -0.137. The van der Waals surface area contributed by atoms with Crippen molar-refractivity contribution >= 4 is 11.8 Å². The van der Waals surface area contributed by atoms with Crippen LogP contribution >= 0.6 is 11.8 Å². The van der Waals surface area contributed by atoms with E-state index in [9.17, 15) is 13.2 Å². The van der Waals surface area contributed by atoms with Crippen LogP contribution in [0.1, 0.15) is 36.4 Å². The van der Waals surface area contributed by atoms with E-state index < -0.39 is 11.7 Å². The van der Waals surface area contributed by atoms with Gasteiger partial charge in [-0.25, -0.2) is 0 Å². The second kappa shape index (κ2) is 6.18. The first-order valence-electron chi connectivity index (χ1n) is 6.47. The van der Waals surface area contributed by atoms with Crippen LogP contribution in [0.15, 0.2) is 24.3 Å². The summed E-state index contributed by atoms with van der Waals surface area (Å²) in [7, 11) is 0. The average Bonchev–Trinajstić information content (AvgIpc) is 2.39. The molecule has 1 fully saturated rings. The van der Waals surface area contributed by atoms with Crippen molar-refractivity contribution < 1.29 is 13.2 Å². The SMILES string of the molecule is NC(CC1CCSCC1)c1cccc(C(F)(F)F)c1. The molecule has 1 aliphatic rings. The molecule has 1 nitrogen and oxygen atoms in total. The standard InChI is InChI=1S/C14H18F3NS/c15-14(16,17)12-3-1-2-11(9-12)13(18)8-10-4-6-19-7-5-10/h1-3,9-10,13H,4-8,18H2. The van der Waals surface area contributed by atoms with Crippen molar-refractivity contribution in [1.29, 1.82) is 0 Å². The van der Waals surface area contributed by atoms with Gasteiger partial charge in [-0.3, -0.25) is 0 Å². The molecular formula is C14H18F3NS. The smallest absolute Gasteiger partial charge is 0.324 e. The summed E-state index contributed by atoms with van der Waals surface area (Å²) >= 11 is 1.94. The Hall–Kier alpha value is -0.680. The number of benzene rings is 1. The van der Waals surface area contributed by atoms with Crippen LogP contribution in [0, 0.1) is 5.92 Å². The summed E-state index contributed by atoms with van der Waals surface area (Å²) in [4.78, 5) is 0. The van der Waals surface area contributed by atoms with Crippen LogP contribution < -0.4 is 5.73 Å². The van der Waals surface area contributed by atoms with Crippen LogP contribution in [0.25, 0.3) is 0 Å². The van der Waals surface area contributed by atoms with Crippen LogP contribution in [0.2, 0.25) is 0 Å². The third-order valence-electron chi connectivity index (χ3n) is 3.57. The highest BCUT2D eigenvalue weighted by Gasteiger charge is 2.31. The summed E-state index contributed by atoms with van der Waals surface area (Å²) in [6.45, 7) is 0. The Balaban J connectivity index is 2.04. The van der Waals surface area contributed by atoms with E-state index in [0.29, 0.717) is 11.5 Å². The fourth-order valence-corrected chi connectivity index (χ4v) is 3.63. The number of hydrogen-bond acceptors (Lipinski definition) is 2. The van der Waals surface area contributed by atoms with Crippen LogP contribution in [0.3, 0.4) is 0 Å². The van der Waals surface area contributed by atoms with E-state index in [1.54, 1.807) is 6.07 Å². The quantitative estimate of drug-likeness (QED) is 0.900. The van der Waals surface area contributed by atoms with Crippen LogP contribution in [0.4, 0.5) is 13.2 Å². The molecule has 1 saturated heterocycles. The molecule has 0 bridgehead atoms. The molecule has 2 rings (SSSR count). The molecular weight excluding hydrogens is 271 g/mol. The van der Waals surface area contributed by atoms with Gasteiger partial charge in [0.25, 0.3) is 0 Å². The van der Waals surface area contributed by atoms with Gasteiger partial charge in [0.05, 0.1) is 5.56 Å². The first-order valence-corrected chi connectivity index (χ1v) is 7.63. The predicted octanol–water partition coefficient (Wildman–Crippen LogP) is 4.24. The molecule has 19 heavy (non-hydrogen) atoms. The second-order valence-corrected chi connectivity index (χ2v) is 6.25. The maximum atomic E-state index is 12.6. The molecule has 1 aromatic rings. The summed E-state index contributed by atoms with van der Waals surface area (Å²) in [6.07, 6.45) is -1.27. The van der Waals surface area contributed by atoms with Gasteiger partial charge in [0.1, 0.15) is 0 Å². The minimum Gasteiger partial charge on any atom is -0.324 e. The zero-order chi connectivity index (χ0) is 13.9. The number of nitrogens with two attached hydrogens (primary N) is 1. The van der Waals surface area contributed by atoms with Gasteiger partial charge in [0.15, 0.2) is 0 Å². The first-order chi connectivity index (χ1) is 8.97. The van der Waals surface area contributed by atoms with Crippen molar-refractivity contribution in [3.05, 3.63) is 35.4 Å². The van der Waals surface area contributed by atoms with Gasteiger partial charge in [0, 0.05) is 6.04 Å². The van der Waals surface area contributed by atoms with Gasteiger partial charge >= 0.3 is 6.18 Å². The topological polar surface area (TPSA) is 26.0 Å². The monoisotopic (exact) mass is 289 g/mol. The summed E-state index contributed by atoms with van der Waals surface area (Å²) in [5.74, 6) is 2.82. The predicted molar refractivity (Wildman–Crippen MR) is 73.0 cm³/mol. The van der Waals surface area contributed by atoms with Crippen molar-refractivity contribution in [2.75, 3.05) is 11.5 Å². The van der Waals surface area contributed by atoms with E-state index in [1.807, 2.05) is 11.8 Å². The van der Waals surface area contributed by atoms with Gasteiger partial charge < -0.3 is 5.73 Å². The lowest BCUT2D eigenvalue weighted by Crippen LogP contribution is -2.19. The first kappa shape index (κ1) is 14.7. The van der Waals surface area contributed by atoms with Crippen LogP contribution in [0.5, 0.6) is 0 Å². The molecule has 5 heteroatoms. The molecule has 1 aromatic carbocycles. The molecule has 0 aliphatic carbocycles. The lowest BCUT2D eigenvalue weighted by Gasteiger charge is -2.24. The number of hydrogen-bond donors (Lipinski definition) is 1. The summed E-state index contributed by atoms with van der Waals surface area (Å²) in [5, 5.41) is 0. The molecule has 0 spiro atoms. The summed E-state index contributed by atoms with van der Waals surface area (Å²) in [5.41, 5.74) is 6.04. The van der Waals surface area contributed by atoms with E-state index in [-0.39, 0.29) is 6.04 Å². The van der Waals surface area contributed by atoms with Crippen molar-refractivity contribution in [3.63, 3.8) is 0 Å². The Morgan fingerprint density at radius 2 is 1.95 bits per heavy atom. The number of thioether (sulfide) groups is 1. The molecule has 106 valence electrons. The highest BCUT2D eigenvalue weighted by molar-refractivity contribution is 7.99. The van der Waals surface area contributed by atoms with Crippen molar-refractivity contribution in [3.8, 4) is 0 Å². The van der Waals surface area contributed by atoms with Crippen molar-refractivity contribution in [2.45, 2.75) is 31.5 Å². The Morgan fingerprint density at radius 1 is 1.26 bits per heavy atom. The number of halogens is 3. The maximum Gasteiger partial charge on any atom is 0.416 e. The van der Waals surface area contributed by atoms with E-state index in [1.165, 1.54) is 12.1 Å². The van der Waals surface area contributed by atoms with Crippen molar-refractivity contribution in [1.82, 2.24) is 0 Å². The summed E-state index contributed by atoms with van der Waals surface area (Å²) in [6, 6.07) is 5.11. The molecule has 0 amide bonds. The largest absolute Gasteiger partial charge is 0.416 e. The van der Waals surface area contributed by atoms with E-state index in [4.69, 9.17) is 5.73 Å². The third kappa shape index (κ3) is 4.14. The van der Waals surface area contributed by atoms with Crippen LogP contribution in [-0.4, -0.2) is 11.5 Å². The Bertz CT molecular complexity index is 413. The second-order valence-electron chi connectivity index (χ2n) is 5.02. The Kier molecular flexibility index (Phi) is 4.79. The molecule has 2 N–H and O–H groups in total. The molecule has 1 heterocycles. The number of alkyl halides is 3. The van der Waals surface area contributed by atoms with Gasteiger partial charge in [-0.15, -0.1) is 0 Å².